The third kappa shape index (κ3) is 2.21. The number of thiophene rings is 1. The molecule has 4 heteroatoms. The van der Waals surface area contributed by atoms with Crippen LogP contribution in [0.2, 0.25) is 0 Å². The number of nitrogens with zero attached hydrogens (tertiary/aromatic N) is 1. The first-order valence-electron chi connectivity index (χ1n) is 7.57. The minimum atomic E-state index is 0.178. The summed E-state index contributed by atoms with van der Waals surface area (Å²) in [7, 11) is 0. The molecule has 0 bridgehead atoms. The van der Waals surface area contributed by atoms with E-state index in [0.29, 0.717) is 6.04 Å². The molecule has 1 saturated carbocycles. The van der Waals surface area contributed by atoms with Crippen LogP contribution < -0.4 is 5.32 Å². The van der Waals surface area contributed by atoms with Crippen molar-refractivity contribution in [3.8, 4) is 0 Å². The summed E-state index contributed by atoms with van der Waals surface area (Å²) in [4.78, 5) is 4.41. The third-order valence-corrected chi connectivity index (χ3v) is 5.65. The fourth-order valence-electron chi connectivity index (χ4n) is 3.73. The van der Waals surface area contributed by atoms with Crippen LogP contribution in [-0.4, -0.2) is 23.2 Å². The molecule has 1 aliphatic carbocycles. The van der Waals surface area contributed by atoms with Crippen molar-refractivity contribution in [2.45, 2.75) is 50.2 Å². The third-order valence-electron chi connectivity index (χ3n) is 4.71. The van der Waals surface area contributed by atoms with E-state index in [9.17, 15) is 0 Å². The molecular weight excluding hydrogens is 268 g/mol. The predicted molar refractivity (Wildman–Crippen MR) is 83.4 cm³/mol. The molecule has 3 nitrogen and oxygen atoms in total. The highest BCUT2D eigenvalue weighted by molar-refractivity contribution is 7.17. The molecule has 2 aromatic heterocycles. The topological polar surface area (TPSA) is 34.1 Å². The monoisotopic (exact) mass is 288 g/mol. The maximum absolute atomic E-state index is 6.12. The quantitative estimate of drug-likeness (QED) is 0.899. The Kier molecular flexibility index (Phi) is 3.15. The van der Waals surface area contributed by atoms with E-state index in [-0.39, 0.29) is 5.60 Å². The van der Waals surface area contributed by atoms with Crippen molar-refractivity contribution >= 4 is 27.2 Å². The lowest BCUT2D eigenvalue weighted by molar-refractivity contribution is -0.0766. The van der Waals surface area contributed by atoms with Gasteiger partial charge in [0.25, 0.3) is 0 Å². The van der Waals surface area contributed by atoms with Gasteiger partial charge >= 0.3 is 0 Å². The molecule has 20 heavy (non-hydrogen) atoms. The zero-order valence-corrected chi connectivity index (χ0v) is 12.4. The number of hydrogen-bond donors (Lipinski definition) is 1. The van der Waals surface area contributed by atoms with Gasteiger partial charge in [0.05, 0.1) is 21.5 Å². The average Bonchev–Trinajstić information content (AvgIpc) is 3.09. The van der Waals surface area contributed by atoms with Crippen LogP contribution in [-0.2, 0) is 4.74 Å². The van der Waals surface area contributed by atoms with Gasteiger partial charge in [0.2, 0.25) is 0 Å². The molecule has 0 radical (unpaired) electrons. The van der Waals surface area contributed by atoms with Crippen LogP contribution in [0.4, 0.5) is 5.69 Å². The molecule has 2 fully saturated rings. The van der Waals surface area contributed by atoms with Gasteiger partial charge in [-0.3, -0.25) is 4.98 Å². The van der Waals surface area contributed by atoms with Crippen LogP contribution in [0.1, 0.15) is 38.5 Å². The minimum absolute atomic E-state index is 0.178. The van der Waals surface area contributed by atoms with E-state index in [1.807, 2.05) is 6.20 Å². The Labute approximate surface area is 123 Å². The SMILES string of the molecule is c1cc(NC2CCOC3(CCCC3)C2)c2sccc2n1. The first-order valence-corrected chi connectivity index (χ1v) is 8.45. The maximum atomic E-state index is 6.12. The average molecular weight is 288 g/mol. The summed E-state index contributed by atoms with van der Waals surface area (Å²) < 4.78 is 7.39. The van der Waals surface area contributed by atoms with Gasteiger partial charge < -0.3 is 10.1 Å². The Morgan fingerprint density at radius 1 is 1.30 bits per heavy atom. The molecule has 1 atom stereocenters. The Morgan fingerprint density at radius 3 is 3.10 bits per heavy atom. The highest BCUT2D eigenvalue weighted by Gasteiger charge is 2.39. The van der Waals surface area contributed by atoms with Gasteiger partial charge in [-0.05, 0) is 43.2 Å². The van der Waals surface area contributed by atoms with E-state index in [1.54, 1.807) is 11.3 Å². The molecule has 3 heterocycles. The lowest BCUT2D eigenvalue weighted by Crippen LogP contribution is -2.42. The first kappa shape index (κ1) is 12.6. The Bertz CT molecular complexity index is 603. The highest BCUT2D eigenvalue weighted by Crippen LogP contribution is 2.41. The molecular formula is C16H20N2OS. The van der Waals surface area contributed by atoms with E-state index < -0.39 is 0 Å². The van der Waals surface area contributed by atoms with Crippen LogP contribution in [0.25, 0.3) is 10.2 Å². The van der Waals surface area contributed by atoms with Gasteiger partial charge in [-0.2, -0.15) is 0 Å². The molecule has 1 N–H and O–H groups in total. The molecule has 0 aromatic carbocycles. The van der Waals surface area contributed by atoms with E-state index in [1.165, 1.54) is 36.1 Å². The number of rotatable bonds is 2. The number of nitrogens with one attached hydrogen (secondary N) is 1. The van der Waals surface area contributed by atoms with Gasteiger partial charge in [-0.25, -0.2) is 0 Å². The van der Waals surface area contributed by atoms with Crippen molar-refractivity contribution in [3.63, 3.8) is 0 Å². The summed E-state index contributed by atoms with van der Waals surface area (Å²) in [5.41, 5.74) is 2.52. The van der Waals surface area contributed by atoms with Crippen molar-refractivity contribution in [2.75, 3.05) is 11.9 Å². The van der Waals surface area contributed by atoms with Gasteiger partial charge in [0.1, 0.15) is 0 Å². The molecule has 1 unspecified atom stereocenters. The molecule has 2 aliphatic rings. The van der Waals surface area contributed by atoms with Crippen molar-refractivity contribution < 1.29 is 4.74 Å². The second-order valence-electron chi connectivity index (χ2n) is 6.07. The standard InChI is InChI=1S/C16H20N2OS/c1-2-7-16(6-1)11-12(4-9-19-16)18-14-3-8-17-13-5-10-20-15(13)14/h3,5,8,10,12H,1-2,4,6-7,9,11H2,(H,17,18). The number of ether oxygens (including phenoxy) is 1. The predicted octanol–water partition coefficient (Wildman–Crippen LogP) is 4.20. The van der Waals surface area contributed by atoms with Crippen LogP contribution in [0.15, 0.2) is 23.7 Å². The van der Waals surface area contributed by atoms with E-state index in [2.05, 4.69) is 27.8 Å². The largest absolute Gasteiger partial charge is 0.381 e. The van der Waals surface area contributed by atoms with Gasteiger partial charge in [0.15, 0.2) is 0 Å². The second-order valence-corrected chi connectivity index (χ2v) is 6.98. The zero-order chi connectivity index (χ0) is 13.4. The van der Waals surface area contributed by atoms with E-state index >= 15 is 0 Å². The van der Waals surface area contributed by atoms with Crippen molar-refractivity contribution in [1.82, 2.24) is 4.98 Å². The summed E-state index contributed by atoms with van der Waals surface area (Å²) in [6.45, 7) is 0.899. The minimum Gasteiger partial charge on any atom is -0.381 e. The van der Waals surface area contributed by atoms with Gasteiger partial charge in [-0.15, -0.1) is 11.3 Å². The number of fused-ring (bicyclic) bond motifs is 1. The van der Waals surface area contributed by atoms with Crippen molar-refractivity contribution in [1.29, 1.82) is 0 Å². The first-order chi connectivity index (χ1) is 9.85. The Balaban J connectivity index is 1.55. The number of anilines is 1. The summed E-state index contributed by atoms with van der Waals surface area (Å²) in [6, 6.07) is 4.73. The number of pyridine rings is 1. The molecule has 4 rings (SSSR count). The van der Waals surface area contributed by atoms with Crippen LogP contribution in [0, 0.1) is 0 Å². The van der Waals surface area contributed by atoms with Crippen molar-refractivity contribution in [2.24, 2.45) is 0 Å². The van der Waals surface area contributed by atoms with E-state index in [4.69, 9.17) is 4.74 Å². The van der Waals surface area contributed by atoms with E-state index in [0.717, 1.165) is 25.0 Å². The number of hydrogen-bond acceptors (Lipinski definition) is 4. The van der Waals surface area contributed by atoms with Crippen LogP contribution in [0.5, 0.6) is 0 Å². The lowest BCUT2D eigenvalue weighted by atomic mass is 9.89. The summed E-state index contributed by atoms with van der Waals surface area (Å²) in [5, 5.41) is 5.87. The van der Waals surface area contributed by atoms with Crippen LogP contribution in [0.3, 0.4) is 0 Å². The Hall–Kier alpha value is -1.13. The number of aromatic nitrogens is 1. The molecule has 1 spiro atoms. The molecule has 2 aromatic rings. The highest BCUT2D eigenvalue weighted by atomic mass is 32.1. The van der Waals surface area contributed by atoms with Crippen LogP contribution >= 0.6 is 11.3 Å². The molecule has 106 valence electrons. The van der Waals surface area contributed by atoms with Gasteiger partial charge in [-0.1, -0.05) is 12.8 Å². The smallest absolute Gasteiger partial charge is 0.0830 e. The fourth-order valence-corrected chi connectivity index (χ4v) is 4.55. The van der Waals surface area contributed by atoms with Gasteiger partial charge in [0, 0.05) is 18.8 Å². The Morgan fingerprint density at radius 2 is 2.20 bits per heavy atom. The maximum Gasteiger partial charge on any atom is 0.0830 e. The molecule has 1 saturated heterocycles. The normalized spacial score (nSPS) is 25.3. The zero-order valence-electron chi connectivity index (χ0n) is 11.6. The summed E-state index contributed by atoms with van der Waals surface area (Å²) >= 11 is 1.77. The molecule has 0 amide bonds. The summed E-state index contributed by atoms with van der Waals surface area (Å²) in [6.07, 6.45) is 9.32. The summed E-state index contributed by atoms with van der Waals surface area (Å²) in [5.74, 6) is 0. The lowest BCUT2D eigenvalue weighted by Gasteiger charge is -2.39. The fraction of sp³-hybridized carbons (Fsp3) is 0.562. The molecule has 1 aliphatic heterocycles. The van der Waals surface area contributed by atoms with Crippen molar-refractivity contribution in [3.05, 3.63) is 23.7 Å². The second kappa shape index (κ2) is 5.01.